The summed E-state index contributed by atoms with van der Waals surface area (Å²) in [6, 6.07) is 1.78. The Morgan fingerprint density at radius 1 is 1.41 bits per heavy atom. The zero-order chi connectivity index (χ0) is 12.1. The summed E-state index contributed by atoms with van der Waals surface area (Å²) in [7, 11) is 0. The molecule has 1 aromatic rings. The lowest BCUT2D eigenvalue weighted by atomic mass is 10.4. The van der Waals surface area contributed by atoms with Crippen molar-refractivity contribution in [3.63, 3.8) is 0 Å². The Morgan fingerprint density at radius 2 is 2.18 bits per heavy atom. The summed E-state index contributed by atoms with van der Waals surface area (Å²) in [5, 5.41) is 4.02. The number of nitrogens with one attached hydrogen (secondary N) is 1. The maximum absolute atomic E-state index is 5.71. The predicted molar refractivity (Wildman–Crippen MR) is 72.4 cm³/mol. The number of hydrogen-bond acceptors (Lipinski definition) is 6. The van der Waals surface area contributed by atoms with Crippen LogP contribution < -0.4 is 11.1 Å². The number of rotatable bonds is 5. The van der Waals surface area contributed by atoms with Gasteiger partial charge in [-0.15, -0.1) is 0 Å². The monoisotopic (exact) mass is 253 g/mol. The minimum absolute atomic E-state index is 0.521. The summed E-state index contributed by atoms with van der Waals surface area (Å²) < 4.78 is 0. The molecule has 1 aliphatic heterocycles. The van der Waals surface area contributed by atoms with Crippen molar-refractivity contribution in [2.24, 2.45) is 0 Å². The zero-order valence-electron chi connectivity index (χ0n) is 10.1. The molecule has 1 saturated heterocycles. The fraction of sp³-hybridized carbons (Fsp3) is 0.636. The van der Waals surface area contributed by atoms with Crippen LogP contribution in [0.15, 0.2) is 11.2 Å². The van der Waals surface area contributed by atoms with Crippen molar-refractivity contribution in [2.75, 3.05) is 43.5 Å². The molecule has 0 aliphatic carbocycles. The lowest BCUT2D eigenvalue weighted by Gasteiger charge is -2.15. The molecule has 0 bridgehead atoms. The molecule has 6 heteroatoms. The third-order valence-corrected chi connectivity index (χ3v) is 3.39. The van der Waals surface area contributed by atoms with Gasteiger partial charge >= 0.3 is 0 Å². The molecular weight excluding hydrogens is 234 g/mol. The van der Waals surface area contributed by atoms with E-state index in [2.05, 4.69) is 20.2 Å². The molecule has 0 amide bonds. The second-order valence-corrected chi connectivity index (χ2v) is 4.91. The molecule has 0 saturated carbocycles. The van der Waals surface area contributed by atoms with Gasteiger partial charge in [0.25, 0.3) is 0 Å². The average molecular weight is 253 g/mol. The molecule has 1 fully saturated rings. The normalized spacial score (nSPS) is 16.3. The first-order valence-corrected chi connectivity index (χ1v) is 7.15. The first-order valence-electron chi connectivity index (χ1n) is 5.93. The van der Waals surface area contributed by atoms with Crippen LogP contribution in [0.2, 0.25) is 0 Å². The molecule has 1 aliphatic rings. The summed E-state index contributed by atoms with van der Waals surface area (Å²) >= 11 is 1.50. The number of nitrogens with zero attached hydrogens (tertiary/aromatic N) is 3. The molecule has 5 nitrogen and oxygen atoms in total. The standard InChI is InChI=1S/C11H19N5S/c1-17-11-14-9(12)8-10(15-11)13-4-7-16-5-2-3-6-16/h8H,2-7H2,1H3,(H3,12,13,14,15). The third-order valence-electron chi connectivity index (χ3n) is 2.84. The summed E-state index contributed by atoms with van der Waals surface area (Å²) in [5.74, 6) is 1.34. The highest BCUT2D eigenvalue weighted by Crippen LogP contribution is 2.15. The van der Waals surface area contributed by atoms with Crippen LogP contribution in [0.3, 0.4) is 0 Å². The Morgan fingerprint density at radius 3 is 2.88 bits per heavy atom. The second kappa shape index (κ2) is 6.07. The van der Waals surface area contributed by atoms with Gasteiger partial charge in [0.2, 0.25) is 0 Å². The molecule has 0 unspecified atom stereocenters. The van der Waals surface area contributed by atoms with Crippen LogP contribution in [0.25, 0.3) is 0 Å². The highest BCUT2D eigenvalue weighted by atomic mass is 32.2. The van der Waals surface area contributed by atoms with Crippen LogP contribution in [0.1, 0.15) is 12.8 Å². The van der Waals surface area contributed by atoms with E-state index >= 15 is 0 Å². The fourth-order valence-electron chi connectivity index (χ4n) is 1.97. The van der Waals surface area contributed by atoms with E-state index in [1.807, 2.05) is 6.26 Å². The molecule has 2 rings (SSSR count). The molecule has 2 heterocycles. The first-order chi connectivity index (χ1) is 8.28. The van der Waals surface area contributed by atoms with E-state index in [1.165, 1.54) is 37.7 Å². The SMILES string of the molecule is CSc1nc(N)cc(NCCN2CCCC2)n1. The predicted octanol–water partition coefficient (Wildman–Crippen LogP) is 1.29. The summed E-state index contributed by atoms with van der Waals surface area (Å²) in [5.41, 5.74) is 5.71. The van der Waals surface area contributed by atoms with Crippen LogP contribution in [0, 0.1) is 0 Å². The number of hydrogen-bond donors (Lipinski definition) is 2. The van der Waals surface area contributed by atoms with Gasteiger partial charge in [0.05, 0.1) is 0 Å². The number of aromatic nitrogens is 2. The lowest BCUT2D eigenvalue weighted by molar-refractivity contribution is 0.352. The highest BCUT2D eigenvalue weighted by Gasteiger charge is 2.10. The van der Waals surface area contributed by atoms with Gasteiger partial charge in [0.15, 0.2) is 5.16 Å². The van der Waals surface area contributed by atoms with E-state index in [0.717, 1.165) is 18.9 Å². The largest absolute Gasteiger partial charge is 0.383 e. The Hall–Kier alpha value is -1.01. The van der Waals surface area contributed by atoms with Crippen LogP contribution in [0.5, 0.6) is 0 Å². The van der Waals surface area contributed by atoms with Crippen molar-refractivity contribution >= 4 is 23.4 Å². The van der Waals surface area contributed by atoms with E-state index in [4.69, 9.17) is 5.73 Å². The van der Waals surface area contributed by atoms with Gasteiger partial charge in [-0.05, 0) is 32.2 Å². The van der Waals surface area contributed by atoms with Crippen LogP contribution >= 0.6 is 11.8 Å². The Bertz CT molecular complexity index is 365. The van der Waals surface area contributed by atoms with Crippen molar-refractivity contribution in [1.82, 2.24) is 14.9 Å². The molecule has 0 aromatic carbocycles. The van der Waals surface area contributed by atoms with Gasteiger partial charge < -0.3 is 16.0 Å². The number of nitrogen functional groups attached to an aromatic ring is 1. The Balaban J connectivity index is 1.83. The molecule has 0 radical (unpaired) electrons. The van der Waals surface area contributed by atoms with Crippen molar-refractivity contribution in [1.29, 1.82) is 0 Å². The van der Waals surface area contributed by atoms with E-state index < -0.39 is 0 Å². The van der Waals surface area contributed by atoms with Crippen LogP contribution in [0.4, 0.5) is 11.6 Å². The van der Waals surface area contributed by atoms with Gasteiger partial charge in [-0.25, -0.2) is 9.97 Å². The van der Waals surface area contributed by atoms with Crippen molar-refractivity contribution in [3.8, 4) is 0 Å². The van der Waals surface area contributed by atoms with E-state index in [-0.39, 0.29) is 0 Å². The van der Waals surface area contributed by atoms with E-state index in [1.54, 1.807) is 6.07 Å². The van der Waals surface area contributed by atoms with Crippen LogP contribution in [-0.4, -0.2) is 47.3 Å². The van der Waals surface area contributed by atoms with Crippen molar-refractivity contribution < 1.29 is 0 Å². The minimum atomic E-state index is 0.521. The third kappa shape index (κ3) is 3.74. The van der Waals surface area contributed by atoms with Gasteiger partial charge in [-0.3, -0.25) is 0 Å². The lowest BCUT2D eigenvalue weighted by Crippen LogP contribution is -2.26. The number of anilines is 2. The van der Waals surface area contributed by atoms with Crippen molar-refractivity contribution in [2.45, 2.75) is 18.0 Å². The average Bonchev–Trinajstić information content (AvgIpc) is 2.81. The van der Waals surface area contributed by atoms with Gasteiger partial charge in [-0.2, -0.15) is 0 Å². The topological polar surface area (TPSA) is 67.1 Å². The summed E-state index contributed by atoms with van der Waals surface area (Å²) in [6.07, 6.45) is 4.61. The van der Waals surface area contributed by atoms with Crippen molar-refractivity contribution in [3.05, 3.63) is 6.07 Å². The quantitative estimate of drug-likeness (QED) is 0.609. The molecule has 1 aromatic heterocycles. The Labute approximate surface area is 106 Å². The summed E-state index contributed by atoms with van der Waals surface area (Å²) in [4.78, 5) is 10.9. The molecule has 0 atom stereocenters. The van der Waals surface area contributed by atoms with Gasteiger partial charge in [0.1, 0.15) is 11.6 Å². The maximum atomic E-state index is 5.71. The first kappa shape index (κ1) is 12.4. The maximum Gasteiger partial charge on any atom is 0.191 e. The van der Waals surface area contributed by atoms with E-state index in [9.17, 15) is 0 Å². The molecule has 0 spiro atoms. The highest BCUT2D eigenvalue weighted by molar-refractivity contribution is 7.98. The molecule has 3 N–H and O–H groups in total. The second-order valence-electron chi connectivity index (χ2n) is 4.14. The van der Waals surface area contributed by atoms with Crippen LogP contribution in [-0.2, 0) is 0 Å². The minimum Gasteiger partial charge on any atom is -0.383 e. The number of nitrogens with two attached hydrogens (primary N) is 1. The summed E-state index contributed by atoms with van der Waals surface area (Å²) in [6.45, 7) is 4.43. The number of thioether (sulfide) groups is 1. The molecule has 17 heavy (non-hydrogen) atoms. The number of likely N-dealkylation sites (tertiary alicyclic amines) is 1. The Kier molecular flexibility index (Phi) is 4.44. The fourth-order valence-corrected chi connectivity index (χ4v) is 2.36. The van der Waals surface area contributed by atoms with Gasteiger partial charge in [0, 0.05) is 19.2 Å². The van der Waals surface area contributed by atoms with E-state index in [0.29, 0.717) is 11.0 Å². The molecular formula is C11H19N5S. The molecule has 94 valence electrons. The smallest absolute Gasteiger partial charge is 0.191 e. The zero-order valence-corrected chi connectivity index (χ0v) is 11.0. The van der Waals surface area contributed by atoms with Gasteiger partial charge in [-0.1, -0.05) is 11.8 Å².